The predicted molar refractivity (Wildman–Crippen MR) is 67.4 cm³/mol. The molecule has 3 nitrogen and oxygen atoms in total. The third-order valence-electron chi connectivity index (χ3n) is 1.69. The van der Waals surface area contributed by atoms with E-state index in [1.165, 1.54) is 12.4 Å². The molecule has 0 aliphatic heterocycles. The van der Waals surface area contributed by atoms with E-state index in [0.717, 1.165) is 6.20 Å². The van der Waals surface area contributed by atoms with Crippen molar-refractivity contribution in [2.45, 2.75) is 25.5 Å². The first-order valence-corrected chi connectivity index (χ1v) is 6.47. The zero-order valence-electron chi connectivity index (χ0n) is 9.20. The van der Waals surface area contributed by atoms with Gasteiger partial charge in [-0.1, -0.05) is 0 Å². The molecule has 0 N–H and O–H groups in total. The molecule has 1 rings (SSSR count). The topological polar surface area (TPSA) is 42.3 Å². The molecule has 6 heteroatoms. The van der Waals surface area contributed by atoms with Gasteiger partial charge in [-0.2, -0.15) is 4.40 Å². The van der Waals surface area contributed by atoms with E-state index < -0.39 is 21.5 Å². The van der Waals surface area contributed by atoms with Crippen LogP contribution in [0.2, 0.25) is 0 Å². The highest BCUT2D eigenvalue weighted by atomic mass is 79.9. The van der Waals surface area contributed by atoms with Crippen molar-refractivity contribution in [2.75, 3.05) is 0 Å². The number of aromatic nitrogens is 1. The zero-order valence-corrected chi connectivity index (χ0v) is 11.6. The zero-order chi connectivity index (χ0) is 12.3. The van der Waals surface area contributed by atoms with Gasteiger partial charge in [0.05, 0.1) is 10.9 Å². The smallest absolute Gasteiger partial charge is 0.151 e. The molecule has 0 unspecified atom stereocenters. The maximum Gasteiger partial charge on any atom is 0.151 e. The Kier molecular flexibility index (Phi) is 4.32. The molecule has 0 spiro atoms. The van der Waals surface area contributed by atoms with Crippen molar-refractivity contribution in [1.29, 1.82) is 0 Å². The minimum absolute atomic E-state index is 0.257. The molecular weight excluding hydrogens is 295 g/mol. The second kappa shape index (κ2) is 5.14. The molecule has 0 aromatic carbocycles. The van der Waals surface area contributed by atoms with Crippen LogP contribution in [0.3, 0.4) is 0 Å². The molecule has 16 heavy (non-hydrogen) atoms. The minimum atomic E-state index is -1.39. The van der Waals surface area contributed by atoms with Gasteiger partial charge in [0.15, 0.2) is 5.82 Å². The monoisotopic (exact) mass is 306 g/mol. The number of nitrogens with zero attached hydrogens (tertiary/aromatic N) is 2. The summed E-state index contributed by atoms with van der Waals surface area (Å²) in [7, 11) is -1.39. The molecule has 1 aromatic rings. The van der Waals surface area contributed by atoms with Crippen LogP contribution in [0.5, 0.6) is 0 Å². The maximum atomic E-state index is 13.3. The molecule has 0 bridgehead atoms. The molecule has 0 saturated carbocycles. The Bertz CT molecular complexity index is 423. The molecule has 0 amide bonds. The Morgan fingerprint density at radius 2 is 2.12 bits per heavy atom. The maximum absolute atomic E-state index is 13.3. The second-order valence-electron chi connectivity index (χ2n) is 4.11. The average Bonchev–Trinajstić information content (AvgIpc) is 2.15. The summed E-state index contributed by atoms with van der Waals surface area (Å²) >= 11 is 3.15. The van der Waals surface area contributed by atoms with Gasteiger partial charge in [-0.15, -0.1) is 0 Å². The normalized spacial score (nSPS) is 14.3. The predicted octanol–water partition coefficient (Wildman–Crippen LogP) is 2.86. The largest absolute Gasteiger partial charge is 0.260 e. The summed E-state index contributed by atoms with van der Waals surface area (Å²) in [5.41, 5.74) is 0.257. The number of rotatable bonds is 2. The summed E-state index contributed by atoms with van der Waals surface area (Å²) in [4.78, 5) is 3.66. The van der Waals surface area contributed by atoms with Crippen molar-refractivity contribution in [1.82, 2.24) is 4.98 Å². The third-order valence-corrected chi connectivity index (χ3v) is 3.67. The quantitative estimate of drug-likeness (QED) is 0.789. The van der Waals surface area contributed by atoms with Gasteiger partial charge in [0.1, 0.15) is 11.0 Å². The third kappa shape index (κ3) is 3.45. The van der Waals surface area contributed by atoms with E-state index in [2.05, 4.69) is 25.3 Å². The van der Waals surface area contributed by atoms with Crippen LogP contribution >= 0.6 is 15.9 Å². The SMILES string of the molecule is CC(C)(C)[S@](=O)/N=C/c1c(F)cncc1Br. The van der Waals surface area contributed by atoms with Crippen molar-refractivity contribution in [2.24, 2.45) is 4.40 Å². The summed E-state index contributed by atoms with van der Waals surface area (Å²) in [6.07, 6.45) is 3.82. The van der Waals surface area contributed by atoms with Crippen LogP contribution in [0.1, 0.15) is 26.3 Å². The number of halogens is 2. The van der Waals surface area contributed by atoms with Gasteiger partial charge in [0, 0.05) is 22.4 Å². The molecule has 1 heterocycles. The lowest BCUT2D eigenvalue weighted by Crippen LogP contribution is -2.19. The number of pyridine rings is 1. The molecule has 0 saturated heterocycles. The molecule has 0 aliphatic carbocycles. The Hall–Kier alpha value is -0.620. The minimum Gasteiger partial charge on any atom is -0.260 e. The van der Waals surface area contributed by atoms with Gasteiger partial charge < -0.3 is 0 Å². The lowest BCUT2D eigenvalue weighted by Gasteiger charge is -2.12. The summed E-state index contributed by atoms with van der Waals surface area (Å²) in [5, 5.41) is 0. The van der Waals surface area contributed by atoms with Crippen LogP contribution in [0.25, 0.3) is 0 Å². The lowest BCUT2D eigenvalue weighted by atomic mass is 10.3. The van der Waals surface area contributed by atoms with Crippen LogP contribution in [0.4, 0.5) is 4.39 Å². The molecular formula is C10H12BrFN2OS. The van der Waals surface area contributed by atoms with E-state index in [1.807, 2.05) is 0 Å². The molecule has 88 valence electrons. The molecule has 1 atom stereocenters. The van der Waals surface area contributed by atoms with Crippen LogP contribution in [0.15, 0.2) is 21.3 Å². The van der Waals surface area contributed by atoms with E-state index in [1.54, 1.807) is 20.8 Å². The summed E-state index contributed by atoms with van der Waals surface area (Å²) in [6.45, 7) is 5.41. The fourth-order valence-corrected chi connectivity index (χ4v) is 1.73. The van der Waals surface area contributed by atoms with E-state index in [9.17, 15) is 8.60 Å². The second-order valence-corrected chi connectivity index (χ2v) is 6.90. The van der Waals surface area contributed by atoms with Crippen LogP contribution in [-0.2, 0) is 11.0 Å². The molecule has 1 aromatic heterocycles. The Morgan fingerprint density at radius 1 is 1.50 bits per heavy atom. The summed E-state index contributed by atoms with van der Waals surface area (Å²) in [6, 6.07) is 0. The first-order chi connectivity index (χ1) is 7.32. The van der Waals surface area contributed by atoms with E-state index in [0.29, 0.717) is 4.47 Å². The number of hydrogen-bond donors (Lipinski definition) is 0. The fraction of sp³-hybridized carbons (Fsp3) is 0.400. The van der Waals surface area contributed by atoms with Gasteiger partial charge >= 0.3 is 0 Å². The molecule has 0 radical (unpaired) electrons. The highest BCUT2D eigenvalue weighted by molar-refractivity contribution is 9.10. The average molecular weight is 307 g/mol. The van der Waals surface area contributed by atoms with Gasteiger partial charge in [-0.3, -0.25) is 4.98 Å². The van der Waals surface area contributed by atoms with Crippen molar-refractivity contribution in [3.05, 3.63) is 28.2 Å². The highest BCUT2D eigenvalue weighted by Crippen LogP contribution is 2.17. The first-order valence-electron chi connectivity index (χ1n) is 4.57. The van der Waals surface area contributed by atoms with E-state index >= 15 is 0 Å². The summed E-state index contributed by atoms with van der Waals surface area (Å²) in [5.74, 6) is -0.496. The van der Waals surface area contributed by atoms with Crippen molar-refractivity contribution < 1.29 is 8.60 Å². The van der Waals surface area contributed by atoms with E-state index in [4.69, 9.17) is 0 Å². The number of hydrogen-bond acceptors (Lipinski definition) is 2. The molecule has 0 fully saturated rings. The first kappa shape index (κ1) is 13.4. The van der Waals surface area contributed by atoms with Gasteiger partial charge in [0.2, 0.25) is 0 Å². The lowest BCUT2D eigenvalue weighted by molar-refractivity contribution is 0.618. The van der Waals surface area contributed by atoms with Gasteiger partial charge in [0.25, 0.3) is 0 Å². The highest BCUT2D eigenvalue weighted by Gasteiger charge is 2.18. The fourth-order valence-electron chi connectivity index (χ4n) is 0.803. The van der Waals surface area contributed by atoms with E-state index in [-0.39, 0.29) is 5.56 Å². The van der Waals surface area contributed by atoms with Crippen molar-refractivity contribution in [3.8, 4) is 0 Å². The summed E-state index contributed by atoms with van der Waals surface area (Å²) < 4.78 is 28.8. The van der Waals surface area contributed by atoms with Crippen LogP contribution < -0.4 is 0 Å². The van der Waals surface area contributed by atoms with Crippen LogP contribution in [-0.4, -0.2) is 20.2 Å². The Balaban J connectivity index is 2.98. The Morgan fingerprint density at radius 3 is 2.62 bits per heavy atom. The van der Waals surface area contributed by atoms with Crippen LogP contribution in [0, 0.1) is 5.82 Å². The Labute approximate surface area is 105 Å². The van der Waals surface area contributed by atoms with Crippen molar-refractivity contribution >= 4 is 33.1 Å². The van der Waals surface area contributed by atoms with Gasteiger partial charge in [-0.05, 0) is 36.7 Å². The molecule has 0 aliphatic rings. The standard InChI is InChI=1S/C10H12BrFN2OS/c1-10(2,3)16(15)14-4-7-8(11)5-13-6-9(7)12/h4-6H,1-3H3/b14-4+/t16-/m0/s1. The van der Waals surface area contributed by atoms with Gasteiger partial charge in [-0.25, -0.2) is 8.60 Å². The van der Waals surface area contributed by atoms with Crippen molar-refractivity contribution in [3.63, 3.8) is 0 Å².